The van der Waals surface area contributed by atoms with E-state index in [1.807, 2.05) is 35.2 Å². The molecule has 0 spiro atoms. The predicted molar refractivity (Wildman–Crippen MR) is 88.2 cm³/mol. The SMILES string of the molecule is CC(=O)N1c2ccccc2[C@H](Nc2ccc(O)cc2)C[C@@H]1C. The fourth-order valence-electron chi connectivity index (χ4n) is 3.19. The van der Waals surface area contributed by atoms with Crippen molar-refractivity contribution in [3.05, 3.63) is 54.1 Å². The lowest BCUT2D eigenvalue weighted by atomic mass is 9.91. The third-order valence-corrected chi connectivity index (χ3v) is 4.14. The van der Waals surface area contributed by atoms with E-state index in [1.165, 1.54) is 0 Å². The third-order valence-electron chi connectivity index (χ3n) is 4.14. The van der Waals surface area contributed by atoms with E-state index in [9.17, 15) is 9.90 Å². The van der Waals surface area contributed by atoms with Crippen LogP contribution in [0.2, 0.25) is 0 Å². The van der Waals surface area contributed by atoms with E-state index in [4.69, 9.17) is 0 Å². The third kappa shape index (κ3) is 2.64. The highest BCUT2D eigenvalue weighted by molar-refractivity contribution is 5.93. The van der Waals surface area contributed by atoms with Crippen molar-refractivity contribution in [2.45, 2.75) is 32.4 Å². The zero-order chi connectivity index (χ0) is 15.7. The highest BCUT2D eigenvalue weighted by Gasteiger charge is 2.31. The zero-order valence-electron chi connectivity index (χ0n) is 12.8. The van der Waals surface area contributed by atoms with Crippen LogP contribution in [0, 0.1) is 0 Å². The Kier molecular flexibility index (Phi) is 3.75. The predicted octanol–water partition coefficient (Wildman–Crippen LogP) is 3.69. The summed E-state index contributed by atoms with van der Waals surface area (Å²) in [5.41, 5.74) is 3.06. The number of hydrogen-bond donors (Lipinski definition) is 2. The van der Waals surface area contributed by atoms with Gasteiger partial charge in [-0.25, -0.2) is 0 Å². The number of hydrogen-bond acceptors (Lipinski definition) is 3. The van der Waals surface area contributed by atoms with Crippen LogP contribution >= 0.6 is 0 Å². The van der Waals surface area contributed by atoms with Gasteiger partial charge in [-0.3, -0.25) is 4.79 Å². The minimum absolute atomic E-state index is 0.0723. The summed E-state index contributed by atoms with van der Waals surface area (Å²) in [7, 11) is 0. The summed E-state index contributed by atoms with van der Waals surface area (Å²) < 4.78 is 0. The van der Waals surface area contributed by atoms with Crippen LogP contribution in [0.3, 0.4) is 0 Å². The van der Waals surface area contributed by atoms with Crippen LogP contribution in [0.15, 0.2) is 48.5 Å². The van der Waals surface area contributed by atoms with Gasteiger partial charge in [0.25, 0.3) is 0 Å². The molecule has 1 heterocycles. The molecule has 0 aliphatic carbocycles. The van der Waals surface area contributed by atoms with Crippen molar-refractivity contribution in [2.75, 3.05) is 10.2 Å². The summed E-state index contributed by atoms with van der Waals surface area (Å²) in [6.45, 7) is 3.68. The Balaban J connectivity index is 1.94. The number of phenolic OH excluding ortho intramolecular Hbond substituents is 1. The van der Waals surface area contributed by atoms with E-state index in [0.717, 1.165) is 23.4 Å². The minimum atomic E-state index is 0.0723. The van der Waals surface area contributed by atoms with Crippen LogP contribution in [0.5, 0.6) is 5.75 Å². The maximum absolute atomic E-state index is 12.0. The molecule has 0 fully saturated rings. The number of aromatic hydroxyl groups is 1. The monoisotopic (exact) mass is 296 g/mol. The van der Waals surface area contributed by atoms with Crippen molar-refractivity contribution < 1.29 is 9.90 Å². The first kappa shape index (κ1) is 14.4. The molecule has 0 aromatic heterocycles. The maximum Gasteiger partial charge on any atom is 0.224 e. The summed E-state index contributed by atoms with van der Waals surface area (Å²) in [5, 5.41) is 12.9. The second-order valence-electron chi connectivity index (χ2n) is 5.78. The highest BCUT2D eigenvalue weighted by Crippen LogP contribution is 2.38. The van der Waals surface area contributed by atoms with E-state index >= 15 is 0 Å². The fraction of sp³-hybridized carbons (Fsp3) is 0.278. The van der Waals surface area contributed by atoms with Gasteiger partial charge < -0.3 is 15.3 Å². The molecule has 4 heteroatoms. The van der Waals surface area contributed by atoms with Crippen molar-refractivity contribution >= 4 is 17.3 Å². The summed E-state index contributed by atoms with van der Waals surface area (Å²) in [6.07, 6.45) is 0.845. The standard InChI is InChI=1S/C18H20N2O2/c1-12-11-17(19-14-7-9-15(22)10-8-14)16-5-3-4-6-18(16)20(12)13(2)21/h3-10,12,17,19,22H,11H2,1-2H3/t12-,17+/m0/s1. The Morgan fingerprint density at radius 2 is 1.86 bits per heavy atom. The molecule has 2 atom stereocenters. The zero-order valence-corrected chi connectivity index (χ0v) is 12.8. The fourth-order valence-corrected chi connectivity index (χ4v) is 3.19. The number of carbonyl (C=O) groups excluding carboxylic acids is 1. The molecule has 3 rings (SSSR count). The van der Waals surface area contributed by atoms with Gasteiger partial charge in [0, 0.05) is 24.3 Å². The normalized spacial score (nSPS) is 20.4. The summed E-state index contributed by atoms with van der Waals surface area (Å²) >= 11 is 0. The Morgan fingerprint density at radius 3 is 2.55 bits per heavy atom. The summed E-state index contributed by atoms with van der Waals surface area (Å²) in [6, 6.07) is 15.4. The first-order chi connectivity index (χ1) is 10.6. The molecule has 0 bridgehead atoms. The smallest absolute Gasteiger partial charge is 0.224 e. The highest BCUT2D eigenvalue weighted by atomic mass is 16.3. The van der Waals surface area contributed by atoms with Crippen molar-refractivity contribution in [2.24, 2.45) is 0 Å². The molecule has 0 unspecified atom stereocenters. The van der Waals surface area contributed by atoms with Gasteiger partial charge >= 0.3 is 0 Å². The van der Waals surface area contributed by atoms with Crippen LogP contribution in [0.4, 0.5) is 11.4 Å². The molecule has 1 aliphatic rings. The van der Waals surface area contributed by atoms with Gasteiger partial charge in [-0.2, -0.15) is 0 Å². The van der Waals surface area contributed by atoms with Gasteiger partial charge in [0.15, 0.2) is 0 Å². The molecule has 1 amide bonds. The molecule has 2 aromatic rings. The molecule has 2 N–H and O–H groups in total. The van der Waals surface area contributed by atoms with E-state index in [0.29, 0.717) is 0 Å². The van der Waals surface area contributed by atoms with Crippen molar-refractivity contribution in [3.8, 4) is 5.75 Å². The van der Waals surface area contributed by atoms with Gasteiger partial charge in [0.05, 0.1) is 6.04 Å². The number of nitrogens with zero attached hydrogens (tertiary/aromatic N) is 1. The topological polar surface area (TPSA) is 52.6 Å². The molecule has 2 aromatic carbocycles. The maximum atomic E-state index is 12.0. The van der Waals surface area contributed by atoms with Crippen LogP contribution in [0.1, 0.15) is 31.9 Å². The Hall–Kier alpha value is -2.49. The molecule has 4 nitrogen and oxygen atoms in total. The van der Waals surface area contributed by atoms with Crippen LogP contribution < -0.4 is 10.2 Å². The lowest BCUT2D eigenvalue weighted by Gasteiger charge is -2.39. The molecule has 114 valence electrons. The van der Waals surface area contributed by atoms with Gasteiger partial charge in [-0.1, -0.05) is 18.2 Å². The number of fused-ring (bicyclic) bond motifs is 1. The van der Waals surface area contributed by atoms with Crippen LogP contribution in [0.25, 0.3) is 0 Å². The van der Waals surface area contributed by atoms with E-state index in [1.54, 1.807) is 19.1 Å². The number of anilines is 2. The van der Waals surface area contributed by atoms with Crippen molar-refractivity contribution in [1.29, 1.82) is 0 Å². The van der Waals surface area contributed by atoms with Crippen molar-refractivity contribution in [1.82, 2.24) is 0 Å². The molecule has 0 radical (unpaired) electrons. The average molecular weight is 296 g/mol. The second-order valence-corrected chi connectivity index (χ2v) is 5.78. The minimum Gasteiger partial charge on any atom is -0.508 e. The number of para-hydroxylation sites is 1. The number of phenols is 1. The molecule has 1 aliphatic heterocycles. The first-order valence-corrected chi connectivity index (χ1v) is 7.50. The van der Waals surface area contributed by atoms with Crippen LogP contribution in [-0.2, 0) is 4.79 Å². The van der Waals surface area contributed by atoms with Crippen molar-refractivity contribution in [3.63, 3.8) is 0 Å². The number of rotatable bonds is 2. The number of benzene rings is 2. The first-order valence-electron chi connectivity index (χ1n) is 7.50. The molecule has 0 saturated carbocycles. The Morgan fingerprint density at radius 1 is 1.18 bits per heavy atom. The Labute approximate surface area is 130 Å². The van der Waals surface area contributed by atoms with Gasteiger partial charge in [-0.05, 0) is 49.2 Å². The van der Waals surface area contributed by atoms with Gasteiger partial charge in [0.2, 0.25) is 5.91 Å². The Bertz CT molecular complexity index is 682. The quantitative estimate of drug-likeness (QED) is 0.831. The lowest BCUT2D eigenvalue weighted by Crippen LogP contribution is -2.43. The molecule has 0 saturated heterocycles. The summed E-state index contributed by atoms with van der Waals surface area (Å²) in [5.74, 6) is 0.328. The number of amides is 1. The summed E-state index contributed by atoms with van der Waals surface area (Å²) in [4.78, 5) is 13.8. The van der Waals surface area contributed by atoms with E-state index < -0.39 is 0 Å². The molecule has 22 heavy (non-hydrogen) atoms. The second kappa shape index (κ2) is 5.72. The molecular formula is C18H20N2O2. The lowest BCUT2D eigenvalue weighted by molar-refractivity contribution is -0.117. The van der Waals surface area contributed by atoms with Crippen LogP contribution in [-0.4, -0.2) is 17.1 Å². The van der Waals surface area contributed by atoms with E-state index in [-0.39, 0.29) is 23.7 Å². The average Bonchev–Trinajstić information content (AvgIpc) is 2.49. The number of carbonyl (C=O) groups is 1. The van der Waals surface area contributed by atoms with E-state index in [2.05, 4.69) is 18.3 Å². The van der Waals surface area contributed by atoms with Gasteiger partial charge in [0.1, 0.15) is 5.75 Å². The largest absolute Gasteiger partial charge is 0.508 e. The number of nitrogens with one attached hydrogen (secondary N) is 1. The molecular weight excluding hydrogens is 276 g/mol. The van der Waals surface area contributed by atoms with Gasteiger partial charge in [-0.15, -0.1) is 0 Å².